The van der Waals surface area contributed by atoms with Crippen molar-refractivity contribution in [1.29, 1.82) is 0 Å². The van der Waals surface area contributed by atoms with E-state index >= 15 is 0 Å². The molecule has 1 aromatic rings. The van der Waals surface area contributed by atoms with E-state index in [1.165, 1.54) is 11.8 Å². The highest BCUT2D eigenvalue weighted by Gasteiger charge is 2.61. The smallest absolute Gasteiger partial charge is 0.334 e. The molecule has 2 fully saturated rings. The van der Waals surface area contributed by atoms with Crippen molar-refractivity contribution in [2.75, 3.05) is 11.6 Å². The van der Waals surface area contributed by atoms with Crippen molar-refractivity contribution >= 4 is 29.6 Å². The molecule has 8 nitrogen and oxygen atoms in total. The van der Waals surface area contributed by atoms with Crippen LogP contribution in [0, 0.1) is 5.92 Å². The number of fused-ring (bicyclic) bond motifs is 3. The number of H-pyrrole nitrogens is 1. The zero-order chi connectivity index (χ0) is 19.2. The van der Waals surface area contributed by atoms with Crippen molar-refractivity contribution in [2.45, 2.75) is 55.6 Å². The molecule has 2 N–H and O–H groups in total. The first-order valence-electron chi connectivity index (χ1n) is 8.95. The average Bonchev–Trinajstić information content (AvgIpc) is 2.97. The number of nitrogens with one attached hydrogen (secondary N) is 2. The third kappa shape index (κ3) is 3.41. The number of hydrogen-bond acceptors (Lipinski definition) is 7. The highest BCUT2D eigenvalue weighted by Crippen LogP contribution is 2.49. The Morgan fingerprint density at radius 3 is 3.07 bits per heavy atom. The van der Waals surface area contributed by atoms with Gasteiger partial charge in [-0.15, -0.1) is 5.10 Å². The van der Waals surface area contributed by atoms with Crippen LogP contribution in [0.2, 0.25) is 0 Å². The molecule has 4 atom stereocenters. The second-order valence-electron chi connectivity index (χ2n) is 7.28. The molecule has 9 heteroatoms. The van der Waals surface area contributed by atoms with E-state index in [-0.39, 0.29) is 41.6 Å². The van der Waals surface area contributed by atoms with Crippen molar-refractivity contribution in [3.05, 3.63) is 23.8 Å². The highest BCUT2D eigenvalue weighted by molar-refractivity contribution is 7.98. The van der Waals surface area contributed by atoms with Gasteiger partial charge in [0.05, 0.1) is 5.60 Å². The first-order chi connectivity index (χ1) is 12.9. The highest BCUT2D eigenvalue weighted by atomic mass is 32.2. The van der Waals surface area contributed by atoms with Crippen LogP contribution in [-0.4, -0.2) is 51.1 Å². The molecule has 4 rings (SSSR count). The number of epoxide rings is 1. The second-order valence-corrected chi connectivity index (χ2v) is 8.08. The van der Waals surface area contributed by atoms with E-state index in [0.29, 0.717) is 35.6 Å². The van der Waals surface area contributed by atoms with E-state index in [1.807, 2.05) is 19.3 Å². The second kappa shape index (κ2) is 6.79. The predicted molar refractivity (Wildman–Crippen MR) is 99.1 cm³/mol. The molecule has 27 heavy (non-hydrogen) atoms. The van der Waals surface area contributed by atoms with E-state index < -0.39 is 0 Å². The van der Waals surface area contributed by atoms with Crippen LogP contribution in [0.3, 0.4) is 0 Å². The van der Waals surface area contributed by atoms with Gasteiger partial charge in [-0.05, 0) is 38.9 Å². The Balaban J connectivity index is 1.51. The summed E-state index contributed by atoms with van der Waals surface area (Å²) in [5, 5.41) is 10.1. The first-order valence-corrected chi connectivity index (χ1v) is 10.2. The number of carbonyl (C=O) groups excluding carboxylic acids is 2. The molecule has 1 aliphatic carbocycles. The van der Waals surface area contributed by atoms with Crippen molar-refractivity contribution in [3.63, 3.8) is 0 Å². The number of rotatable bonds is 3. The van der Waals surface area contributed by atoms with Gasteiger partial charge in [-0.2, -0.15) is 4.98 Å². The lowest BCUT2D eigenvalue weighted by molar-refractivity contribution is -0.140. The number of allylic oxidation sites excluding steroid dienone is 1. The predicted octanol–water partition coefficient (Wildman–Crippen LogP) is 2.22. The van der Waals surface area contributed by atoms with Gasteiger partial charge in [0.25, 0.3) is 5.91 Å². The minimum absolute atomic E-state index is 0.0901. The van der Waals surface area contributed by atoms with Gasteiger partial charge in [0.15, 0.2) is 5.16 Å². The molecule has 144 valence electrons. The van der Waals surface area contributed by atoms with E-state index in [4.69, 9.17) is 9.47 Å². The van der Waals surface area contributed by atoms with Gasteiger partial charge in [0, 0.05) is 17.1 Å². The van der Waals surface area contributed by atoms with Crippen LogP contribution < -0.4 is 5.32 Å². The summed E-state index contributed by atoms with van der Waals surface area (Å²) in [6.45, 7) is 5.92. The van der Waals surface area contributed by atoms with Crippen LogP contribution in [0.4, 0.5) is 5.95 Å². The molecule has 2 saturated heterocycles. The maximum Gasteiger partial charge on any atom is 0.334 e. The SMILES string of the molecule is C=C1C(=O)O[C@H]2[C@H]1CC/C(C(=O)Nc1n[nH]c(SC)n1)=C\CC[C@@]1(C)O[C@@H]21. The molecule has 0 spiro atoms. The summed E-state index contributed by atoms with van der Waals surface area (Å²) in [4.78, 5) is 28.9. The third-order valence-electron chi connectivity index (χ3n) is 5.52. The molecule has 3 aliphatic rings. The lowest BCUT2D eigenvalue weighted by Crippen LogP contribution is -2.29. The van der Waals surface area contributed by atoms with Crippen LogP contribution in [-0.2, 0) is 19.1 Å². The monoisotopic (exact) mass is 390 g/mol. The van der Waals surface area contributed by atoms with Crippen LogP contribution in [0.5, 0.6) is 0 Å². The zero-order valence-electron chi connectivity index (χ0n) is 15.3. The van der Waals surface area contributed by atoms with E-state index in [2.05, 4.69) is 27.1 Å². The molecular formula is C18H22N4O4S. The number of esters is 1. The zero-order valence-corrected chi connectivity index (χ0v) is 16.1. The number of ether oxygens (including phenoxy) is 2. The van der Waals surface area contributed by atoms with Crippen LogP contribution in [0.25, 0.3) is 0 Å². The molecule has 1 amide bonds. The van der Waals surface area contributed by atoms with Gasteiger partial charge in [-0.25, -0.2) is 4.79 Å². The Kier molecular flexibility index (Phi) is 4.59. The summed E-state index contributed by atoms with van der Waals surface area (Å²) >= 11 is 1.41. The fourth-order valence-electron chi connectivity index (χ4n) is 3.84. The fourth-order valence-corrected chi connectivity index (χ4v) is 4.16. The largest absolute Gasteiger partial charge is 0.455 e. The van der Waals surface area contributed by atoms with E-state index in [1.54, 1.807) is 0 Å². The van der Waals surface area contributed by atoms with Gasteiger partial charge in [0.2, 0.25) is 5.95 Å². The number of aromatic amines is 1. The van der Waals surface area contributed by atoms with Crippen LogP contribution in [0.1, 0.15) is 32.6 Å². The summed E-state index contributed by atoms with van der Waals surface area (Å²) in [5.74, 6) is -0.470. The molecule has 0 aromatic carbocycles. The standard InChI is InChI=1S/C18H22N4O4S/c1-9-11-7-6-10(14(23)19-16-20-17(27-3)22-21-16)5-4-8-18(2)13(26-18)12(11)25-15(9)24/h5,11-13H,1,4,6-8H2,2-3H3,(H2,19,20,21,22,23)/b10-5+/t11-,12-,13-,18+/m0/s1. The average molecular weight is 390 g/mol. The lowest BCUT2D eigenvalue weighted by atomic mass is 9.84. The van der Waals surface area contributed by atoms with Gasteiger partial charge < -0.3 is 9.47 Å². The van der Waals surface area contributed by atoms with Crippen LogP contribution in [0.15, 0.2) is 29.0 Å². The maximum absolute atomic E-state index is 12.7. The molecule has 0 unspecified atom stereocenters. The van der Waals surface area contributed by atoms with Gasteiger partial charge in [-0.3, -0.25) is 15.2 Å². The summed E-state index contributed by atoms with van der Waals surface area (Å²) in [6, 6.07) is 0. The topological polar surface area (TPSA) is 110 Å². The number of amides is 1. The number of anilines is 1. The normalized spacial score (nSPS) is 34.7. The van der Waals surface area contributed by atoms with Gasteiger partial charge >= 0.3 is 5.97 Å². The van der Waals surface area contributed by atoms with Crippen molar-refractivity contribution in [2.24, 2.45) is 5.92 Å². The summed E-state index contributed by atoms with van der Waals surface area (Å²) in [7, 11) is 0. The van der Waals surface area contributed by atoms with E-state index in [9.17, 15) is 9.59 Å². The Morgan fingerprint density at radius 2 is 2.33 bits per heavy atom. The quantitative estimate of drug-likeness (QED) is 0.352. The Morgan fingerprint density at radius 1 is 1.52 bits per heavy atom. The van der Waals surface area contributed by atoms with Crippen LogP contribution >= 0.6 is 11.8 Å². The summed E-state index contributed by atoms with van der Waals surface area (Å²) in [5.41, 5.74) is 0.802. The minimum atomic E-state index is -0.359. The first kappa shape index (κ1) is 18.2. The van der Waals surface area contributed by atoms with Crippen molar-refractivity contribution in [3.8, 4) is 0 Å². The number of thioether (sulfide) groups is 1. The lowest BCUT2D eigenvalue weighted by Gasteiger charge is -2.19. The van der Waals surface area contributed by atoms with E-state index in [0.717, 1.165) is 6.42 Å². The summed E-state index contributed by atoms with van der Waals surface area (Å²) in [6.07, 6.45) is 6.02. The van der Waals surface area contributed by atoms with Gasteiger partial charge in [0.1, 0.15) is 12.2 Å². The molecular weight excluding hydrogens is 368 g/mol. The minimum Gasteiger partial charge on any atom is -0.455 e. The molecule has 3 heterocycles. The molecule has 0 saturated carbocycles. The molecule has 0 radical (unpaired) electrons. The molecule has 0 bridgehead atoms. The number of carbonyl (C=O) groups is 2. The maximum atomic E-state index is 12.7. The third-order valence-corrected chi connectivity index (χ3v) is 6.09. The number of hydrogen-bond donors (Lipinski definition) is 2. The molecule has 1 aromatic heterocycles. The Labute approximate surface area is 161 Å². The molecule has 2 aliphatic heterocycles. The van der Waals surface area contributed by atoms with Gasteiger partial charge in [-0.1, -0.05) is 24.4 Å². The Bertz CT molecular complexity index is 835. The fraction of sp³-hybridized carbons (Fsp3) is 0.556. The number of aromatic nitrogens is 3. The van der Waals surface area contributed by atoms with Crippen molar-refractivity contribution < 1.29 is 19.1 Å². The summed E-state index contributed by atoms with van der Waals surface area (Å²) < 4.78 is 11.4. The Hall–Kier alpha value is -2.13. The van der Waals surface area contributed by atoms with Crippen molar-refractivity contribution in [1.82, 2.24) is 15.2 Å². The number of nitrogens with zero attached hydrogens (tertiary/aromatic N) is 2.